The molecule has 0 aliphatic heterocycles. The summed E-state index contributed by atoms with van der Waals surface area (Å²) in [5.74, 6) is -0.257. The lowest BCUT2D eigenvalue weighted by atomic mass is 10.1. The molecule has 1 N–H and O–H groups in total. The van der Waals surface area contributed by atoms with Crippen molar-refractivity contribution in [1.82, 2.24) is 14.6 Å². The highest BCUT2D eigenvalue weighted by Crippen LogP contribution is 2.22. The van der Waals surface area contributed by atoms with Gasteiger partial charge in [-0.05, 0) is 62.4 Å². The fraction of sp³-hybridized carbons (Fsp3) is 0.300. The van der Waals surface area contributed by atoms with E-state index in [0.29, 0.717) is 22.5 Å². The van der Waals surface area contributed by atoms with E-state index < -0.39 is 0 Å². The Morgan fingerprint density at radius 1 is 1.04 bits per heavy atom. The van der Waals surface area contributed by atoms with Crippen molar-refractivity contribution in [3.8, 4) is 0 Å². The van der Waals surface area contributed by atoms with Crippen LogP contribution in [0, 0.1) is 0 Å². The molecule has 4 rings (SSSR count). The van der Waals surface area contributed by atoms with E-state index in [0.717, 1.165) is 25.0 Å². The van der Waals surface area contributed by atoms with Gasteiger partial charge < -0.3 is 5.32 Å². The van der Waals surface area contributed by atoms with Gasteiger partial charge in [0.05, 0.1) is 6.20 Å². The van der Waals surface area contributed by atoms with Crippen molar-refractivity contribution in [2.75, 3.05) is 5.32 Å². The largest absolute Gasteiger partial charge is 0.322 e. The third kappa shape index (κ3) is 2.98. The molecular formula is C20H20N4O2. The Kier molecular flexibility index (Phi) is 4.24. The number of aromatic nitrogens is 3. The molecule has 3 aromatic rings. The van der Waals surface area contributed by atoms with Crippen molar-refractivity contribution in [1.29, 1.82) is 0 Å². The highest BCUT2D eigenvalue weighted by atomic mass is 16.1. The highest BCUT2D eigenvalue weighted by Gasteiger charge is 2.19. The Bertz CT molecular complexity index is 989. The fourth-order valence-electron chi connectivity index (χ4n) is 3.42. The number of benzene rings is 1. The molecule has 0 fully saturated rings. The van der Waals surface area contributed by atoms with Crippen LogP contribution in [0.2, 0.25) is 0 Å². The van der Waals surface area contributed by atoms with Crippen molar-refractivity contribution in [3.05, 3.63) is 59.0 Å². The van der Waals surface area contributed by atoms with Crippen LogP contribution in [0.5, 0.6) is 0 Å². The zero-order chi connectivity index (χ0) is 18.1. The van der Waals surface area contributed by atoms with Crippen molar-refractivity contribution in [2.24, 2.45) is 0 Å². The van der Waals surface area contributed by atoms with E-state index in [4.69, 9.17) is 0 Å². The first-order chi connectivity index (χ1) is 12.6. The van der Waals surface area contributed by atoms with E-state index in [1.165, 1.54) is 25.3 Å². The van der Waals surface area contributed by atoms with Crippen molar-refractivity contribution in [3.63, 3.8) is 0 Å². The number of anilines is 1. The van der Waals surface area contributed by atoms with Gasteiger partial charge in [0.2, 0.25) is 0 Å². The summed E-state index contributed by atoms with van der Waals surface area (Å²) in [6, 6.07) is 6.85. The lowest BCUT2D eigenvalue weighted by Crippen LogP contribution is -2.13. The van der Waals surface area contributed by atoms with Crippen molar-refractivity contribution >= 4 is 23.0 Å². The molecule has 0 saturated heterocycles. The first kappa shape index (κ1) is 16.4. The number of nitrogens with one attached hydrogen (secondary N) is 1. The molecule has 0 unspecified atom stereocenters. The minimum absolute atomic E-state index is 0.00426. The number of fused-ring (bicyclic) bond motifs is 3. The standard InChI is InChI=1S/C20H20N4O2/c1-13(25)14-7-9-16(10-8-14)23-20(26)17-12-22-24-18-6-4-2-3-5-15(18)11-21-19(17)24/h7-12H,2-6H2,1H3,(H,23,26). The summed E-state index contributed by atoms with van der Waals surface area (Å²) in [7, 11) is 0. The van der Waals surface area contributed by atoms with Crippen LogP contribution in [0.15, 0.2) is 36.7 Å². The maximum Gasteiger partial charge on any atom is 0.261 e. The molecule has 1 aliphatic carbocycles. The molecule has 0 atom stereocenters. The smallest absolute Gasteiger partial charge is 0.261 e. The van der Waals surface area contributed by atoms with E-state index in [2.05, 4.69) is 15.4 Å². The predicted octanol–water partition coefficient (Wildman–Crippen LogP) is 3.45. The molecule has 2 heterocycles. The van der Waals surface area contributed by atoms with Crippen LogP contribution < -0.4 is 5.32 Å². The molecule has 1 aromatic carbocycles. The van der Waals surface area contributed by atoms with E-state index in [9.17, 15) is 9.59 Å². The molecule has 0 bridgehead atoms. The molecule has 1 aliphatic rings. The number of aryl methyl sites for hydroxylation is 2. The quantitative estimate of drug-likeness (QED) is 0.581. The number of hydrogen-bond donors (Lipinski definition) is 1. The van der Waals surface area contributed by atoms with Gasteiger partial charge in [-0.3, -0.25) is 9.59 Å². The Hall–Kier alpha value is -3.02. The summed E-state index contributed by atoms with van der Waals surface area (Å²) in [6.45, 7) is 1.52. The van der Waals surface area contributed by atoms with Crippen LogP contribution in [0.1, 0.15) is 58.2 Å². The van der Waals surface area contributed by atoms with Crippen LogP contribution in [0.3, 0.4) is 0 Å². The third-order valence-electron chi connectivity index (χ3n) is 4.87. The van der Waals surface area contributed by atoms with Gasteiger partial charge in [-0.25, -0.2) is 9.50 Å². The Labute approximate surface area is 151 Å². The van der Waals surface area contributed by atoms with Gasteiger partial charge in [0.1, 0.15) is 5.56 Å². The van der Waals surface area contributed by atoms with E-state index in [-0.39, 0.29) is 11.7 Å². The molecule has 6 nitrogen and oxygen atoms in total. The lowest BCUT2D eigenvalue weighted by Gasteiger charge is -2.08. The first-order valence-corrected chi connectivity index (χ1v) is 8.90. The van der Waals surface area contributed by atoms with Gasteiger partial charge in [0.15, 0.2) is 11.4 Å². The van der Waals surface area contributed by atoms with Crippen LogP contribution >= 0.6 is 0 Å². The average Bonchev–Trinajstić information content (AvgIpc) is 2.93. The van der Waals surface area contributed by atoms with Crippen LogP contribution in [0.25, 0.3) is 5.65 Å². The van der Waals surface area contributed by atoms with Crippen molar-refractivity contribution < 1.29 is 9.59 Å². The molecule has 0 saturated carbocycles. The maximum atomic E-state index is 12.7. The summed E-state index contributed by atoms with van der Waals surface area (Å²) in [4.78, 5) is 28.5. The van der Waals surface area contributed by atoms with Gasteiger partial charge in [0.25, 0.3) is 5.91 Å². The lowest BCUT2D eigenvalue weighted by molar-refractivity contribution is 0.101. The summed E-state index contributed by atoms with van der Waals surface area (Å²) in [5, 5.41) is 7.27. The monoisotopic (exact) mass is 348 g/mol. The van der Waals surface area contributed by atoms with Crippen LogP contribution in [0.4, 0.5) is 5.69 Å². The van der Waals surface area contributed by atoms with E-state index in [1.807, 2.05) is 10.7 Å². The number of ketones is 1. The number of Topliss-reactive ketones (excluding diaryl/α,β-unsaturated/α-hetero) is 1. The fourth-order valence-corrected chi connectivity index (χ4v) is 3.42. The second-order valence-electron chi connectivity index (χ2n) is 6.67. The maximum absolute atomic E-state index is 12.7. The molecule has 2 aromatic heterocycles. The summed E-state index contributed by atoms with van der Waals surface area (Å²) >= 11 is 0. The molecule has 26 heavy (non-hydrogen) atoms. The summed E-state index contributed by atoms with van der Waals surface area (Å²) < 4.78 is 1.81. The van der Waals surface area contributed by atoms with Gasteiger partial charge in [-0.1, -0.05) is 6.42 Å². The number of carbonyl (C=O) groups is 2. The zero-order valence-corrected chi connectivity index (χ0v) is 14.7. The Balaban J connectivity index is 1.63. The predicted molar refractivity (Wildman–Crippen MR) is 98.6 cm³/mol. The molecule has 0 spiro atoms. The number of nitrogens with zero attached hydrogens (tertiary/aromatic N) is 3. The van der Waals surface area contributed by atoms with Gasteiger partial charge in [-0.2, -0.15) is 5.10 Å². The number of carbonyl (C=O) groups excluding carboxylic acids is 2. The number of rotatable bonds is 3. The average molecular weight is 348 g/mol. The molecule has 6 heteroatoms. The Morgan fingerprint density at radius 3 is 2.58 bits per heavy atom. The second kappa shape index (κ2) is 6.71. The molecule has 132 valence electrons. The molecular weight excluding hydrogens is 328 g/mol. The number of amides is 1. The topological polar surface area (TPSA) is 76.4 Å². The van der Waals surface area contributed by atoms with Gasteiger partial charge in [-0.15, -0.1) is 0 Å². The zero-order valence-electron chi connectivity index (χ0n) is 14.7. The SMILES string of the molecule is CC(=O)c1ccc(NC(=O)c2cnn3c4c(cnc23)CCCCC4)cc1. The Morgan fingerprint density at radius 2 is 1.81 bits per heavy atom. The normalized spacial score (nSPS) is 13.9. The second-order valence-corrected chi connectivity index (χ2v) is 6.67. The minimum Gasteiger partial charge on any atom is -0.322 e. The minimum atomic E-state index is -0.253. The first-order valence-electron chi connectivity index (χ1n) is 8.90. The van der Waals surface area contributed by atoms with Gasteiger partial charge in [0, 0.05) is 23.1 Å². The van der Waals surface area contributed by atoms with E-state index >= 15 is 0 Å². The summed E-state index contributed by atoms with van der Waals surface area (Å²) in [6.07, 6.45) is 8.96. The van der Waals surface area contributed by atoms with Gasteiger partial charge >= 0.3 is 0 Å². The van der Waals surface area contributed by atoms with Crippen molar-refractivity contribution in [2.45, 2.75) is 39.0 Å². The van der Waals surface area contributed by atoms with Crippen LogP contribution in [-0.4, -0.2) is 26.3 Å². The van der Waals surface area contributed by atoms with Crippen LogP contribution in [-0.2, 0) is 12.8 Å². The molecule has 0 radical (unpaired) electrons. The van der Waals surface area contributed by atoms with E-state index in [1.54, 1.807) is 30.5 Å². The summed E-state index contributed by atoms with van der Waals surface area (Å²) in [5.41, 5.74) is 4.68. The molecule has 1 amide bonds. The highest BCUT2D eigenvalue weighted by molar-refractivity contribution is 6.08. The number of hydrogen-bond acceptors (Lipinski definition) is 4. The third-order valence-corrected chi connectivity index (χ3v) is 4.87.